The molecular weight excluding hydrogens is 354 g/mol. The molecule has 0 aliphatic carbocycles. The van der Waals surface area contributed by atoms with Crippen LogP contribution in [0.1, 0.15) is 12.5 Å². The predicted molar refractivity (Wildman–Crippen MR) is 102 cm³/mol. The smallest absolute Gasteiger partial charge is 0.269 e. The third kappa shape index (κ3) is 4.28. The molecule has 132 valence electrons. The minimum Gasteiger partial charge on any atom is -0.494 e. The van der Waals surface area contributed by atoms with Crippen LogP contribution in [0.2, 0.25) is 0 Å². The van der Waals surface area contributed by atoms with E-state index in [1.807, 2.05) is 31.2 Å². The molecule has 2 aromatic carbocycles. The number of non-ortho nitro benzene ring substituents is 1. The van der Waals surface area contributed by atoms with Crippen LogP contribution in [-0.4, -0.2) is 22.6 Å². The number of nitrogens with one attached hydrogen (secondary N) is 1. The number of thioether (sulfide) groups is 1. The van der Waals surface area contributed by atoms with Crippen molar-refractivity contribution in [2.24, 2.45) is 4.99 Å². The highest BCUT2D eigenvalue weighted by atomic mass is 32.2. The first kappa shape index (κ1) is 17.7. The lowest BCUT2D eigenvalue weighted by molar-refractivity contribution is -0.384. The Hall–Kier alpha value is -3.13. The van der Waals surface area contributed by atoms with E-state index < -0.39 is 4.92 Å². The highest BCUT2D eigenvalue weighted by Crippen LogP contribution is 2.29. The number of amides is 1. The summed E-state index contributed by atoms with van der Waals surface area (Å²) >= 11 is 1.22. The molecule has 0 spiro atoms. The Morgan fingerprint density at radius 1 is 1.19 bits per heavy atom. The van der Waals surface area contributed by atoms with Crippen molar-refractivity contribution < 1.29 is 14.5 Å². The lowest BCUT2D eigenvalue weighted by Gasteiger charge is -2.02. The maximum absolute atomic E-state index is 12.1. The molecule has 0 aromatic heterocycles. The summed E-state index contributed by atoms with van der Waals surface area (Å²) in [7, 11) is 0. The van der Waals surface area contributed by atoms with E-state index in [1.165, 1.54) is 23.9 Å². The van der Waals surface area contributed by atoms with Gasteiger partial charge in [0, 0.05) is 12.1 Å². The number of amidine groups is 1. The number of ether oxygens (including phenoxy) is 1. The van der Waals surface area contributed by atoms with Gasteiger partial charge in [0.1, 0.15) is 5.75 Å². The number of rotatable bonds is 5. The Kier molecular flexibility index (Phi) is 5.33. The summed E-state index contributed by atoms with van der Waals surface area (Å²) in [6, 6.07) is 13.3. The first-order chi connectivity index (χ1) is 12.5. The number of carbonyl (C=O) groups excluding carboxylic acids is 1. The molecule has 0 radical (unpaired) electrons. The Morgan fingerprint density at radius 2 is 1.88 bits per heavy atom. The van der Waals surface area contributed by atoms with Crippen molar-refractivity contribution in [3.63, 3.8) is 0 Å². The second-order valence-corrected chi connectivity index (χ2v) is 6.29. The van der Waals surface area contributed by atoms with Gasteiger partial charge in [-0.25, -0.2) is 4.99 Å². The molecule has 1 amide bonds. The quantitative estimate of drug-likeness (QED) is 0.490. The van der Waals surface area contributed by atoms with Gasteiger partial charge in [0.05, 0.1) is 22.1 Å². The van der Waals surface area contributed by atoms with Crippen LogP contribution in [0.15, 0.2) is 58.4 Å². The Balaban J connectivity index is 1.74. The average Bonchev–Trinajstić information content (AvgIpc) is 2.96. The van der Waals surface area contributed by atoms with Gasteiger partial charge in [-0.1, -0.05) is 0 Å². The second-order valence-electron chi connectivity index (χ2n) is 5.26. The molecule has 7 nitrogen and oxygen atoms in total. The molecule has 0 saturated carbocycles. The van der Waals surface area contributed by atoms with Crippen LogP contribution in [0.3, 0.4) is 0 Å². The lowest BCUT2D eigenvalue weighted by atomic mass is 10.2. The Morgan fingerprint density at radius 3 is 2.50 bits per heavy atom. The first-order valence-electron chi connectivity index (χ1n) is 7.82. The number of benzene rings is 2. The van der Waals surface area contributed by atoms with Crippen molar-refractivity contribution in [3.8, 4) is 5.75 Å². The largest absolute Gasteiger partial charge is 0.494 e. The van der Waals surface area contributed by atoms with Crippen LogP contribution < -0.4 is 10.1 Å². The molecule has 2 aromatic rings. The highest BCUT2D eigenvalue weighted by molar-refractivity contribution is 8.18. The molecule has 0 bridgehead atoms. The molecule has 0 atom stereocenters. The van der Waals surface area contributed by atoms with Crippen molar-refractivity contribution in [3.05, 3.63) is 69.1 Å². The van der Waals surface area contributed by atoms with E-state index in [4.69, 9.17) is 4.74 Å². The number of nitro groups is 1. The third-order valence-corrected chi connectivity index (χ3v) is 4.34. The van der Waals surface area contributed by atoms with Gasteiger partial charge >= 0.3 is 0 Å². The fourth-order valence-electron chi connectivity index (χ4n) is 2.22. The number of nitro benzene ring substituents is 1. The summed E-state index contributed by atoms with van der Waals surface area (Å²) in [4.78, 5) is 27.2. The molecule has 1 fully saturated rings. The van der Waals surface area contributed by atoms with E-state index in [9.17, 15) is 14.9 Å². The summed E-state index contributed by atoms with van der Waals surface area (Å²) in [6.07, 6.45) is 1.67. The minimum atomic E-state index is -0.463. The summed E-state index contributed by atoms with van der Waals surface area (Å²) in [5, 5.41) is 13.9. The van der Waals surface area contributed by atoms with Crippen LogP contribution in [0.5, 0.6) is 5.75 Å². The number of aliphatic imine (C=N–C) groups is 1. The molecule has 1 heterocycles. The first-order valence-corrected chi connectivity index (χ1v) is 8.63. The van der Waals surface area contributed by atoms with Crippen LogP contribution >= 0.6 is 11.8 Å². The standard InChI is InChI=1S/C18H15N3O4S/c1-2-25-15-9-5-13(6-10-15)19-18-20-17(22)16(26-18)11-12-3-7-14(8-4-12)21(23)24/h3-11H,2H2,1H3,(H,19,20,22)/b16-11-. The number of hydrogen-bond donors (Lipinski definition) is 1. The van der Waals surface area contributed by atoms with E-state index in [1.54, 1.807) is 18.2 Å². The normalized spacial score (nSPS) is 16.7. The van der Waals surface area contributed by atoms with Gasteiger partial charge in [-0.15, -0.1) is 0 Å². The zero-order chi connectivity index (χ0) is 18.5. The molecule has 1 aliphatic heterocycles. The zero-order valence-electron chi connectivity index (χ0n) is 13.8. The molecule has 3 rings (SSSR count). The maximum atomic E-state index is 12.1. The third-order valence-electron chi connectivity index (χ3n) is 3.43. The van der Waals surface area contributed by atoms with Gasteiger partial charge in [-0.2, -0.15) is 0 Å². The second kappa shape index (κ2) is 7.83. The summed E-state index contributed by atoms with van der Waals surface area (Å²) in [5.41, 5.74) is 1.41. The van der Waals surface area contributed by atoms with Crippen molar-refractivity contribution in [1.29, 1.82) is 0 Å². The number of hydrogen-bond acceptors (Lipinski definition) is 6. The van der Waals surface area contributed by atoms with E-state index in [0.29, 0.717) is 27.9 Å². The van der Waals surface area contributed by atoms with Crippen LogP contribution in [0.4, 0.5) is 11.4 Å². The maximum Gasteiger partial charge on any atom is 0.269 e. The average molecular weight is 369 g/mol. The fraction of sp³-hybridized carbons (Fsp3) is 0.111. The molecule has 1 aliphatic rings. The SMILES string of the molecule is CCOc1ccc(N=C2NC(=O)/C(=C/c3ccc([N+](=O)[O-])cc3)S2)cc1. The molecule has 8 heteroatoms. The van der Waals surface area contributed by atoms with Gasteiger partial charge < -0.3 is 10.1 Å². The number of nitrogens with zero attached hydrogens (tertiary/aromatic N) is 2. The molecule has 1 N–H and O–H groups in total. The van der Waals surface area contributed by atoms with Gasteiger partial charge in [-0.3, -0.25) is 14.9 Å². The lowest BCUT2D eigenvalue weighted by Crippen LogP contribution is -2.19. The fourth-order valence-corrected chi connectivity index (χ4v) is 3.07. The van der Waals surface area contributed by atoms with Crippen LogP contribution in [-0.2, 0) is 4.79 Å². The van der Waals surface area contributed by atoms with Gasteiger partial charge in [-0.05, 0) is 66.7 Å². The van der Waals surface area contributed by atoms with E-state index in [0.717, 1.165) is 5.75 Å². The summed E-state index contributed by atoms with van der Waals surface area (Å²) in [6.45, 7) is 2.51. The van der Waals surface area contributed by atoms with Crippen LogP contribution in [0, 0.1) is 10.1 Å². The van der Waals surface area contributed by atoms with Crippen molar-refractivity contribution in [1.82, 2.24) is 5.32 Å². The monoisotopic (exact) mass is 369 g/mol. The molecular formula is C18H15N3O4S. The summed E-state index contributed by atoms with van der Waals surface area (Å²) in [5.74, 6) is 0.511. The molecule has 1 saturated heterocycles. The van der Waals surface area contributed by atoms with Crippen LogP contribution in [0.25, 0.3) is 6.08 Å². The predicted octanol–water partition coefficient (Wildman–Crippen LogP) is 3.89. The van der Waals surface area contributed by atoms with Gasteiger partial charge in [0.15, 0.2) is 5.17 Å². The highest BCUT2D eigenvalue weighted by Gasteiger charge is 2.23. The van der Waals surface area contributed by atoms with Crippen molar-refractivity contribution in [2.45, 2.75) is 6.92 Å². The molecule has 26 heavy (non-hydrogen) atoms. The molecule has 0 unspecified atom stereocenters. The summed E-state index contributed by atoms with van der Waals surface area (Å²) < 4.78 is 5.38. The van der Waals surface area contributed by atoms with Gasteiger partial charge in [0.2, 0.25) is 0 Å². The minimum absolute atomic E-state index is 0.00780. The van der Waals surface area contributed by atoms with Gasteiger partial charge in [0.25, 0.3) is 11.6 Å². The van der Waals surface area contributed by atoms with Crippen molar-refractivity contribution in [2.75, 3.05) is 6.61 Å². The van der Waals surface area contributed by atoms with E-state index in [2.05, 4.69) is 10.3 Å². The van der Waals surface area contributed by atoms with E-state index in [-0.39, 0.29) is 11.6 Å². The Labute approximate surface area is 153 Å². The van der Waals surface area contributed by atoms with E-state index >= 15 is 0 Å². The Bertz CT molecular complexity index is 890. The number of carbonyl (C=O) groups is 1. The topological polar surface area (TPSA) is 93.8 Å². The van der Waals surface area contributed by atoms with Crippen molar-refractivity contribution >= 4 is 40.3 Å². The zero-order valence-corrected chi connectivity index (χ0v) is 14.7.